The summed E-state index contributed by atoms with van der Waals surface area (Å²) in [4.78, 5) is 26.1. The molecule has 0 bridgehead atoms. The first-order valence-electron chi connectivity index (χ1n) is 11.1. The zero-order chi connectivity index (χ0) is 23.2. The number of carbonyl (C=O) groups is 1. The summed E-state index contributed by atoms with van der Waals surface area (Å²) < 4.78 is 0. The Bertz CT molecular complexity index is 1130. The van der Waals surface area contributed by atoms with Gasteiger partial charge < -0.3 is 10.2 Å². The Morgan fingerprint density at radius 3 is 2.42 bits per heavy atom. The molecule has 0 aromatic heterocycles. The van der Waals surface area contributed by atoms with Crippen molar-refractivity contribution in [2.45, 2.75) is 25.8 Å². The largest absolute Gasteiger partial charge is 0.366 e. The molecule has 4 rings (SSSR count). The Morgan fingerprint density at radius 2 is 1.73 bits per heavy atom. The predicted octanol–water partition coefficient (Wildman–Crippen LogP) is 5.64. The van der Waals surface area contributed by atoms with Crippen molar-refractivity contribution in [3.8, 4) is 0 Å². The van der Waals surface area contributed by atoms with Gasteiger partial charge in [0.1, 0.15) is 5.69 Å². The zero-order valence-corrected chi connectivity index (χ0v) is 19.0. The number of nitrogens with one attached hydrogen (secondary N) is 1. The van der Waals surface area contributed by atoms with Crippen molar-refractivity contribution in [2.75, 3.05) is 18.0 Å². The number of carbonyl (C=O) groups excluding carboxylic acids is 1. The molecule has 0 saturated carbocycles. The highest BCUT2D eigenvalue weighted by atomic mass is 35.5. The lowest BCUT2D eigenvalue weighted by Crippen LogP contribution is -2.34. The number of nitro benzene ring substituents is 1. The molecule has 1 amide bonds. The van der Waals surface area contributed by atoms with Gasteiger partial charge in [-0.25, -0.2) is 0 Å². The highest BCUT2D eigenvalue weighted by molar-refractivity contribution is 6.31. The number of amides is 1. The number of piperidine rings is 1. The van der Waals surface area contributed by atoms with Crippen molar-refractivity contribution in [3.05, 3.63) is 105 Å². The van der Waals surface area contributed by atoms with E-state index in [0.717, 1.165) is 37.9 Å². The van der Waals surface area contributed by atoms with Crippen LogP contribution in [0.25, 0.3) is 0 Å². The fourth-order valence-electron chi connectivity index (χ4n) is 4.32. The molecular formula is C26H26ClN3O3. The normalized spacial score (nSPS) is 14.2. The lowest BCUT2D eigenvalue weighted by Gasteiger charge is -2.33. The van der Waals surface area contributed by atoms with Crippen molar-refractivity contribution in [1.82, 2.24) is 5.32 Å². The number of halogens is 1. The average molecular weight is 464 g/mol. The molecule has 1 heterocycles. The Labute approximate surface area is 198 Å². The number of rotatable bonds is 7. The van der Waals surface area contributed by atoms with Crippen molar-refractivity contribution < 1.29 is 9.72 Å². The predicted molar refractivity (Wildman–Crippen MR) is 131 cm³/mol. The first-order valence-corrected chi connectivity index (χ1v) is 11.5. The summed E-state index contributed by atoms with van der Waals surface area (Å²) in [6, 6.07) is 22.4. The van der Waals surface area contributed by atoms with Gasteiger partial charge in [-0.15, -0.1) is 0 Å². The lowest BCUT2D eigenvalue weighted by atomic mass is 9.90. The lowest BCUT2D eigenvalue weighted by molar-refractivity contribution is -0.384. The van der Waals surface area contributed by atoms with Crippen molar-refractivity contribution in [2.24, 2.45) is 5.92 Å². The molecule has 170 valence electrons. The number of hydrogen-bond acceptors (Lipinski definition) is 4. The number of nitro groups is 1. The second kappa shape index (κ2) is 10.5. The highest BCUT2D eigenvalue weighted by Gasteiger charge is 2.26. The van der Waals surface area contributed by atoms with Gasteiger partial charge in [0.15, 0.2) is 0 Å². The maximum atomic E-state index is 12.6. The molecule has 1 aliphatic rings. The molecule has 0 aliphatic carbocycles. The van der Waals surface area contributed by atoms with Crippen LogP contribution in [0.5, 0.6) is 0 Å². The summed E-state index contributed by atoms with van der Waals surface area (Å²) in [5, 5.41) is 15.2. The second-order valence-electron chi connectivity index (χ2n) is 8.35. The van der Waals surface area contributed by atoms with E-state index in [2.05, 4.69) is 34.5 Å². The van der Waals surface area contributed by atoms with Crippen LogP contribution in [-0.2, 0) is 13.0 Å². The maximum Gasteiger partial charge on any atom is 0.293 e. The standard InChI is InChI=1S/C26H26ClN3O3/c27-23-9-5-4-8-22(23)18-28-26(31)21-10-11-24(25(17-21)30(32)33)29-14-12-20(13-15-29)16-19-6-2-1-3-7-19/h1-11,17,20H,12-16,18H2,(H,28,31). The first-order chi connectivity index (χ1) is 16.0. The van der Waals surface area contributed by atoms with Gasteiger partial charge in [0.25, 0.3) is 11.6 Å². The molecule has 1 fully saturated rings. The molecule has 7 heteroatoms. The molecule has 33 heavy (non-hydrogen) atoms. The Kier molecular flexibility index (Phi) is 7.25. The van der Waals surface area contributed by atoms with Crippen molar-refractivity contribution in [1.29, 1.82) is 0 Å². The smallest absolute Gasteiger partial charge is 0.293 e. The highest BCUT2D eigenvalue weighted by Crippen LogP contribution is 2.33. The van der Waals surface area contributed by atoms with Crippen LogP contribution in [0, 0.1) is 16.0 Å². The van der Waals surface area contributed by atoms with Gasteiger partial charge in [0.05, 0.1) is 4.92 Å². The minimum absolute atomic E-state index is 0.0399. The SMILES string of the molecule is O=C(NCc1ccccc1Cl)c1ccc(N2CCC(Cc3ccccc3)CC2)c([N+](=O)[O-])c1. The van der Waals surface area contributed by atoms with E-state index >= 15 is 0 Å². The summed E-state index contributed by atoms with van der Waals surface area (Å²) in [6.07, 6.45) is 2.99. The van der Waals surface area contributed by atoms with Crippen LogP contribution in [0.4, 0.5) is 11.4 Å². The van der Waals surface area contributed by atoms with Gasteiger partial charge in [-0.1, -0.05) is 60.1 Å². The molecule has 0 unspecified atom stereocenters. The quantitative estimate of drug-likeness (QED) is 0.363. The number of hydrogen-bond donors (Lipinski definition) is 1. The van der Waals surface area contributed by atoms with E-state index < -0.39 is 4.92 Å². The summed E-state index contributed by atoms with van der Waals surface area (Å²) in [5.41, 5.74) is 2.91. The summed E-state index contributed by atoms with van der Waals surface area (Å²) in [7, 11) is 0. The fraction of sp³-hybridized carbons (Fsp3) is 0.269. The first kappa shape index (κ1) is 22.8. The van der Waals surface area contributed by atoms with Gasteiger partial charge >= 0.3 is 0 Å². The van der Waals surface area contributed by atoms with E-state index in [9.17, 15) is 14.9 Å². The van der Waals surface area contributed by atoms with Crippen LogP contribution in [0.1, 0.15) is 34.3 Å². The summed E-state index contributed by atoms with van der Waals surface area (Å²) >= 11 is 6.14. The van der Waals surface area contributed by atoms with E-state index in [1.54, 1.807) is 18.2 Å². The van der Waals surface area contributed by atoms with Crippen LogP contribution < -0.4 is 10.2 Å². The fourth-order valence-corrected chi connectivity index (χ4v) is 4.53. The topological polar surface area (TPSA) is 75.5 Å². The summed E-state index contributed by atoms with van der Waals surface area (Å²) in [6.45, 7) is 1.77. The van der Waals surface area contributed by atoms with E-state index in [-0.39, 0.29) is 23.7 Å². The molecule has 1 saturated heterocycles. The molecule has 3 aromatic carbocycles. The molecule has 0 atom stereocenters. The number of benzene rings is 3. The van der Waals surface area contributed by atoms with Gasteiger partial charge in [-0.05, 0) is 54.5 Å². The maximum absolute atomic E-state index is 12.6. The third-order valence-corrected chi connectivity index (χ3v) is 6.52. The summed E-state index contributed by atoms with van der Waals surface area (Å²) in [5.74, 6) is 0.198. The van der Waals surface area contributed by atoms with Crippen LogP contribution >= 0.6 is 11.6 Å². The Hall–Kier alpha value is -3.38. The minimum Gasteiger partial charge on any atom is -0.366 e. The van der Waals surface area contributed by atoms with Gasteiger partial charge in [0.2, 0.25) is 0 Å². The monoisotopic (exact) mass is 463 g/mol. The third-order valence-electron chi connectivity index (χ3n) is 6.15. The zero-order valence-electron chi connectivity index (χ0n) is 18.2. The molecule has 6 nitrogen and oxygen atoms in total. The average Bonchev–Trinajstić information content (AvgIpc) is 2.84. The van der Waals surface area contributed by atoms with Crippen molar-refractivity contribution in [3.63, 3.8) is 0 Å². The molecule has 1 N–H and O–H groups in total. The van der Waals surface area contributed by atoms with E-state index in [4.69, 9.17) is 11.6 Å². The van der Waals surface area contributed by atoms with Gasteiger partial charge in [-0.3, -0.25) is 14.9 Å². The Morgan fingerprint density at radius 1 is 1.03 bits per heavy atom. The second-order valence-corrected chi connectivity index (χ2v) is 8.76. The van der Waals surface area contributed by atoms with E-state index in [1.165, 1.54) is 11.6 Å². The number of anilines is 1. The van der Waals surface area contributed by atoms with E-state index in [0.29, 0.717) is 16.6 Å². The van der Waals surface area contributed by atoms with Crippen molar-refractivity contribution >= 4 is 28.9 Å². The third kappa shape index (κ3) is 5.71. The molecular weight excluding hydrogens is 438 g/mol. The molecule has 1 aliphatic heterocycles. The number of nitrogens with zero attached hydrogens (tertiary/aromatic N) is 2. The molecule has 3 aromatic rings. The Balaban J connectivity index is 1.41. The van der Waals surface area contributed by atoms with Crippen LogP contribution in [-0.4, -0.2) is 23.9 Å². The van der Waals surface area contributed by atoms with Crippen LogP contribution in [0.15, 0.2) is 72.8 Å². The minimum atomic E-state index is -0.407. The van der Waals surface area contributed by atoms with Crippen LogP contribution in [0.2, 0.25) is 5.02 Å². The van der Waals surface area contributed by atoms with E-state index in [1.807, 2.05) is 24.3 Å². The van der Waals surface area contributed by atoms with Crippen LogP contribution in [0.3, 0.4) is 0 Å². The van der Waals surface area contributed by atoms with Gasteiger partial charge in [-0.2, -0.15) is 0 Å². The molecule has 0 spiro atoms. The van der Waals surface area contributed by atoms with Gasteiger partial charge in [0, 0.05) is 36.3 Å². The molecule has 0 radical (unpaired) electrons.